The van der Waals surface area contributed by atoms with E-state index in [0.29, 0.717) is 0 Å². The summed E-state index contributed by atoms with van der Waals surface area (Å²) >= 11 is 1.63. The van der Waals surface area contributed by atoms with E-state index < -0.39 is 0 Å². The number of hydrogen-bond acceptors (Lipinski definition) is 4. The summed E-state index contributed by atoms with van der Waals surface area (Å²) in [6.45, 7) is 1.98. The highest BCUT2D eigenvalue weighted by atomic mass is 32.2. The zero-order chi connectivity index (χ0) is 8.27. The molecule has 0 spiro atoms. The molecular weight excluding hydrogens is 160 g/mol. The molecule has 1 heterocycles. The number of aromatic nitrogens is 3. The van der Waals surface area contributed by atoms with E-state index in [1.165, 1.54) is 0 Å². The van der Waals surface area contributed by atoms with Gasteiger partial charge >= 0.3 is 0 Å². The molecular formula is C6H12N4S. The average molecular weight is 172 g/mol. The summed E-state index contributed by atoms with van der Waals surface area (Å²) in [6.07, 6.45) is 1.68. The number of nitrogens with zero attached hydrogens (tertiary/aromatic N) is 3. The third-order valence-corrected chi connectivity index (χ3v) is 2.47. The fourth-order valence-corrected chi connectivity index (χ4v) is 1.38. The molecule has 1 aromatic rings. The smallest absolute Gasteiger partial charge is 0.190 e. The summed E-state index contributed by atoms with van der Waals surface area (Å²) in [4.78, 5) is 0. The second kappa shape index (κ2) is 3.73. The largest absolute Gasteiger partial charge is 0.327 e. The van der Waals surface area contributed by atoms with Crippen molar-refractivity contribution in [1.29, 1.82) is 0 Å². The molecule has 0 fully saturated rings. The lowest BCUT2D eigenvalue weighted by Gasteiger charge is -2.02. The standard InChI is InChI=1S/C6H12N4S/c1-5(7)3-11-6-9-8-4-10(6)2/h4-5H,3,7H2,1-2H3. The van der Waals surface area contributed by atoms with Crippen LogP contribution in [0.5, 0.6) is 0 Å². The van der Waals surface area contributed by atoms with Gasteiger partial charge in [-0.05, 0) is 6.92 Å². The third-order valence-electron chi connectivity index (χ3n) is 1.15. The van der Waals surface area contributed by atoms with Crippen LogP contribution in [0.3, 0.4) is 0 Å². The molecule has 11 heavy (non-hydrogen) atoms. The van der Waals surface area contributed by atoms with Gasteiger partial charge in [-0.3, -0.25) is 0 Å². The molecule has 0 aliphatic rings. The topological polar surface area (TPSA) is 56.7 Å². The van der Waals surface area contributed by atoms with Gasteiger partial charge in [-0.25, -0.2) is 0 Å². The summed E-state index contributed by atoms with van der Waals surface area (Å²) in [5.74, 6) is 0.881. The van der Waals surface area contributed by atoms with Crippen LogP contribution >= 0.6 is 11.8 Å². The summed E-state index contributed by atoms with van der Waals surface area (Å²) in [6, 6.07) is 0.205. The van der Waals surface area contributed by atoms with E-state index in [1.807, 2.05) is 18.5 Å². The molecule has 1 unspecified atom stereocenters. The minimum atomic E-state index is 0.205. The molecule has 0 radical (unpaired) electrons. The zero-order valence-electron chi connectivity index (χ0n) is 6.69. The summed E-state index contributed by atoms with van der Waals surface area (Å²) in [5.41, 5.74) is 5.58. The summed E-state index contributed by atoms with van der Waals surface area (Å²) in [7, 11) is 1.92. The first kappa shape index (κ1) is 8.55. The van der Waals surface area contributed by atoms with Gasteiger partial charge in [0.15, 0.2) is 5.16 Å². The lowest BCUT2D eigenvalue weighted by atomic mass is 10.4. The number of aryl methyl sites for hydroxylation is 1. The third kappa shape index (κ3) is 2.51. The molecule has 1 atom stereocenters. The van der Waals surface area contributed by atoms with Crippen molar-refractivity contribution in [1.82, 2.24) is 14.8 Å². The van der Waals surface area contributed by atoms with Crippen LogP contribution in [-0.2, 0) is 7.05 Å². The second-order valence-corrected chi connectivity index (χ2v) is 3.50. The zero-order valence-corrected chi connectivity index (χ0v) is 7.51. The number of thioether (sulfide) groups is 1. The van der Waals surface area contributed by atoms with Crippen molar-refractivity contribution >= 4 is 11.8 Å². The second-order valence-electron chi connectivity index (χ2n) is 2.51. The van der Waals surface area contributed by atoms with E-state index in [1.54, 1.807) is 18.1 Å². The maximum atomic E-state index is 5.58. The van der Waals surface area contributed by atoms with E-state index in [-0.39, 0.29) is 6.04 Å². The van der Waals surface area contributed by atoms with E-state index in [4.69, 9.17) is 5.73 Å². The molecule has 0 aromatic carbocycles. The fraction of sp³-hybridized carbons (Fsp3) is 0.667. The Bertz CT molecular complexity index is 220. The van der Waals surface area contributed by atoms with Crippen LogP contribution in [0.2, 0.25) is 0 Å². The van der Waals surface area contributed by atoms with Crippen LogP contribution in [0, 0.1) is 0 Å². The Kier molecular flexibility index (Phi) is 2.90. The van der Waals surface area contributed by atoms with Gasteiger partial charge in [0.1, 0.15) is 6.33 Å². The van der Waals surface area contributed by atoms with Crippen LogP contribution in [0.4, 0.5) is 0 Å². The predicted octanol–water partition coefficient (Wildman–Crippen LogP) is 0.254. The predicted molar refractivity (Wildman–Crippen MR) is 45.4 cm³/mol. The van der Waals surface area contributed by atoms with Crippen LogP contribution in [0.25, 0.3) is 0 Å². The first-order chi connectivity index (χ1) is 5.20. The lowest BCUT2D eigenvalue weighted by Crippen LogP contribution is -2.17. The van der Waals surface area contributed by atoms with Crippen molar-refractivity contribution in [2.24, 2.45) is 12.8 Å². The Hall–Kier alpha value is -0.550. The van der Waals surface area contributed by atoms with Crippen LogP contribution in [-0.4, -0.2) is 26.6 Å². The minimum Gasteiger partial charge on any atom is -0.327 e. The molecule has 2 N–H and O–H groups in total. The van der Waals surface area contributed by atoms with Crippen molar-refractivity contribution in [2.45, 2.75) is 18.1 Å². The van der Waals surface area contributed by atoms with E-state index in [2.05, 4.69) is 10.2 Å². The van der Waals surface area contributed by atoms with Crippen LogP contribution in [0.1, 0.15) is 6.92 Å². The number of nitrogens with two attached hydrogens (primary N) is 1. The van der Waals surface area contributed by atoms with E-state index in [9.17, 15) is 0 Å². The quantitative estimate of drug-likeness (QED) is 0.664. The van der Waals surface area contributed by atoms with Crippen LogP contribution in [0.15, 0.2) is 11.5 Å². The van der Waals surface area contributed by atoms with Gasteiger partial charge in [0.2, 0.25) is 0 Å². The molecule has 62 valence electrons. The molecule has 0 aliphatic heterocycles. The van der Waals surface area contributed by atoms with Crippen molar-refractivity contribution in [2.75, 3.05) is 5.75 Å². The SMILES string of the molecule is CC(N)CSc1nncn1C. The monoisotopic (exact) mass is 172 g/mol. The van der Waals surface area contributed by atoms with Crippen molar-refractivity contribution in [3.63, 3.8) is 0 Å². The molecule has 1 rings (SSSR count). The molecule has 1 aromatic heterocycles. The van der Waals surface area contributed by atoms with Gasteiger partial charge in [-0.1, -0.05) is 11.8 Å². The molecule has 0 amide bonds. The Labute approximate surface area is 70.2 Å². The van der Waals surface area contributed by atoms with Gasteiger partial charge in [-0.2, -0.15) is 0 Å². The highest BCUT2D eigenvalue weighted by Crippen LogP contribution is 2.13. The molecule has 0 saturated carbocycles. The van der Waals surface area contributed by atoms with Gasteiger partial charge < -0.3 is 10.3 Å². The average Bonchev–Trinajstić information content (AvgIpc) is 2.31. The maximum Gasteiger partial charge on any atom is 0.190 e. The first-order valence-electron chi connectivity index (χ1n) is 3.42. The van der Waals surface area contributed by atoms with E-state index >= 15 is 0 Å². The summed E-state index contributed by atoms with van der Waals surface area (Å²) < 4.78 is 1.88. The lowest BCUT2D eigenvalue weighted by molar-refractivity contribution is 0.780. The van der Waals surface area contributed by atoms with Crippen molar-refractivity contribution in [3.05, 3.63) is 6.33 Å². The van der Waals surface area contributed by atoms with Gasteiger partial charge in [-0.15, -0.1) is 10.2 Å². The van der Waals surface area contributed by atoms with Gasteiger partial charge in [0.25, 0.3) is 0 Å². The summed E-state index contributed by atoms with van der Waals surface area (Å²) in [5, 5.41) is 8.58. The highest BCUT2D eigenvalue weighted by molar-refractivity contribution is 7.99. The molecule has 0 aliphatic carbocycles. The maximum absolute atomic E-state index is 5.58. The fourth-order valence-electron chi connectivity index (χ4n) is 0.609. The normalized spacial score (nSPS) is 13.4. The number of rotatable bonds is 3. The van der Waals surface area contributed by atoms with Gasteiger partial charge in [0.05, 0.1) is 0 Å². The van der Waals surface area contributed by atoms with E-state index in [0.717, 1.165) is 10.9 Å². The number of hydrogen-bond donors (Lipinski definition) is 1. The Morgan fingerprint density at radius 3 is 3.00 bits per heavy atom. The van der Waals surface area contributed by atoms with Gasteiger partial charge in [0, 0.05) is 18.8 Å². The molecule has 0 saturated heterocycles. The molecule has 0 bridgehead atoms. The van der Waals surface area contributed by atoms with Crippen LogP contribution < -0.4 is 5.73 Å². The Balaban J connectivity index is 2.44. The molecule has 5 heteroatoms. The first-order valence-corrected chi connectivity index (χ1v) is 4.41. The Morgan fingerprint density at radius 1 is 1.82 bits per heavy atom. The Morgan fingerprint density at radius 2 is 2.55 bits per heavy atom. The highest BCUT2D eigenvalue weighted by Gasteiger charge is 2.01. The minimum absolute atomic E-state index is 0.205. The molecule has 4 nitrogen and oxygen atoms in total. The van der Waals surface area contributed by atoms with Crippen molar-refractivity contribution in [3.8, 4) is 0 Å². The van der Waals surface area contributed by atoms with Crippen molar-refractivity contribution < 1.29 is 0 Å².